The predicted octanol–water partition coefficient (Wildman–Crippen LogP) is 7.07. The van der Waals surface area contributed by atoms with Crippen LogP contribution < -0.4 is 5.32 Å². The van der Waals surface area contributed by atoms with Crippen molar-refractivity contribution in [1.82, 2.24) is 0 Å². The van der Waals surface area contributed by atoms with Gasteiger partial charge in [-0.3, -0.25) is 4.79 Å². The van der Waals surface area contributed by atoms with E-state index in [0.717, 1.165) is 25.7 Å². The van der Waals surface area contributed by atoms with Crippen LogP contribution in [-0.2, 0) is 4.79 Å². The van der Waals surface area contributed by atoms with E-state index in [9.17, 15) is 14.7 Å². The Labute approximate surface area is 181 Å². The Morgan fingerprint density at radius 2 is 1.43 bits per heavy atom. The smallest absolute Gasteiger partial charge is 0.339 e. The lowest BCUT2D eigenvalue weighted by Gasteiger charge is -2.07. The number of hydrogen-bond donors (Lipinski definition) is 3. The van der Waals surface area contributed by atoms with E-state index >= 15 is 0 Å². The van der Waals surface area contributed by atoms with E-state index in [2.05, 4.69) is 24.4 Å². The highest BCUT2D eigenvalue weighted by Crippen LogP contribution is 2.22. The molecule has 0 atom stereocenters. The van der Waals surface area contributed by atoms with Gasteiger partial charge in [-0.05, 0) is 44.2 Å². The van der Waals surface area contributed by atoms with Crippen LogP contribution in [0.3, 0.4) is 0 Å². The molecule has 1 aromatic carbocycles. The maximum absolute atomic E-state index is 12.0. The van der Waals surface area contributed by atoms with Crippen molar-refractivity contribution in [1.29, 1.82) is 0 Å². The third-order valence-electron chi connectivity index (χ3n) is 5.18. The first-order valence-corrected chi connectivity index (χ1v) is 11.6. The zero-order valence-electron chi connectivity index (χ0n) is 18.5. The minimum absolute atomic E-state index is 0.116. The van der Waals surface area contributed by atoms with Crippen LogP contribution in [0.5, 0.6) is 5.75 Å². The maximum Gasteiger partial charge on any atom is 0.339 e. The molecule has 5 nitrogen and oxygen atoms in total. The van der Waals surface area contributed by atoms with Crippen molar-refractivity contribution < 1.29 is 19.8 Å². The number of hydrogen-bond acceptors (Lipinski definition) is 3. The molecule has 0 saturated heterocycles. The van der Waals surface area contributed by atoms with E-state index in [1.165, 1.54) is 76.0 Å². The standard InChI is InChI=1S/C25H39NO4/c1-2-3-4-5-6-7-8-9-10-11-12-13-14-15-16-17-24(28)26-21-18-19-22(25(29)30)23(27)20-21/h9-10,18-20,27H,2-8,11-17H2,1H3,(H,26,28)(H,29,30)/b10-9+. The van der Waals surface area contributed by atoms with Gasteiger partial charge in [-0.1, -0.05) is 70.4 Å². The summed E-state index contributed by atoms with van der Waals surface area (Å²) in [4.78, 5) is 22.8. The van der Waals surface area contributed by atoms with Gasteiger partial charge in [0.25, 0.3) is 0 Å². The molecular weight excluding hydrogens is 378 g/mol. The molecule has 0 bridgehead atoms. The summed E-state index contributed by atoms with van der Waals surface area (Å²) < 4.78 is 0. The van der Waals surface area contributed by atoms with Crippen LogP contribution in [0.1, 0.15) is 107 Å². The second kappa shape index (κ2) is 16.5. The topological polar surface area (TPSA) is 86.6 Å². The van der Waals surface area contributed by atoms with Gasteiger partial charge in [0.2, 0.25) is 5.91 Å². The van der Waals surface area contributed by atoms with Crippen LogP contribution in [-0.4, -0.2) is 22.1 Å². The molecule has 5 heteroatoms. The fourth-order valence-electron chi connectivity index (χ4n) is 3.37. The Kier molecular flexibility index (Phi) is 14.1. The van der Waals surface area contributed by atoms with Crippen LogP contribution in [0.4, 0.5) is 5.69 Å². The fraction of sp³-hybridized carbons (Fsp3) is 0.600. The van der Waals surface area contributed by atoms with Crippen molar-refractivity contribution in [2.75, 3.05) is 5.32 Å². The molecule has 0 heterocycles. The van der Waals surface area contributed by atoms with E-state index < -0.39 is 5.97 Å². The molecule has 0 saturated carbocycles. The number of benzene rings is 1. The molecule has 168 valence electrons. The summed E-state index contributed by atoms with van der Waals surface area (Å²) in [5.41, 5.74) is 0.237. The number of phenols is 1. The third kappa shape index (κ3) is 12.3. The number of anilines is 1. The summed E-state index contributed by atoms with van der Waals surface area (Å²) in [6.45, 7) is 2.25. The van der Waals surface area contributed by atoms with E-state index in [-0.39, 0.29) is 17.2 Å². The van der Waals surface area contributed by atoms with Crippen molar-refractivity contribution in [3.05, 3.63) is 35.9 Å². The first kappa shape index (κ1) is 25.7. The summed E-state index contributed by atoms with van der Waals surface area (Å²) in [6, 6.07) is 4.04. The second-order valence-electron chi connectivity index (χ2n) is 7.92. The van der Waals surface area contributed by atoms with Gasteiger partial charge in [-0.15, -0.1) is 0 Å². The molecule has 3 N–H and O–H groups in total. The number of aromatic hydroxyl groups is 1. The molecule has 0 unspecified atom stereocenters. The number of aromatic carboxylic acids is 1. The van der Waals surface area contributed by atoms with Crippen molar-refractivity contribution in [2.45, 2.75) is 96.8 Å². The highest BCUT2D eigenvalue weighted by atomic mass is 16.4. The molecule has 0 aliphatic heterocycles. The highest BCUT2D eigenvalue weighted by Gasteiger charge is 2.10. The van der Waals surface area contributed by atoms with Crippen molar-refractivity contribution >= 4 is 17.6 Å². The molecule has 30 heavy (non-hydrogen) atoms. The number of rotatable bonds is 17. The van der Waals surface area contributed by atoms with E-state index in [4.69, 9.17) is 5.11 Å². The molecule has 1 rings (SSSR count). The maximum atomic E-state index is 12.0. The summed E-state index contributed by atoms with van der Waals surface area (Å²) >= 11 is 0. The normalized spacial score (nSPS) is 11.1. The van der Waals surface area contributed by atoms with Gasteiger partial charge in [-0.2, -0.15) is 0 Å². The van der Waals surface area contributed by atoms with Crippen molar-refractivity contribution in [3.63, 3.8) is 0 Å². The van der Waals surface area contributed by atoms with Gasteiger partial charge in [0.1, 0.15) is 11.3 Å². The number of amides is 1. The molecule has 0 spiro atoms. The molecule has 0 aliphatic carbocycles. The van der Waals surface area contributed by atoms with Gasteiger partial charge in [0.15, 0.2) is 0 Å². The highest BCUT2D eigenvalue weighted by molar-refractivity contribution is 5.94. The lowest BCUT2D eigenvalue weighted by Crippen LogP contribution is -2.11. The SMILES string of the molecule is CCCCCCCC/C=C/CCCCCCCC(=O)Nc1ccc(C(=O)O)c(O)c1. The molecule has 0 aromatic heterocycles. The Bertz CT molecular complexity index is 655. The van der Waals surface area contributed by atoms with Gasteiger partial charge in [-0.25, -0.2) is 4.79 Å². The van der Waals surface area contributed by atoms with Gasteiger partial charge >= 0.3 is 5.97 Å². The number of carbonyl (C=O) groups excluding carboxylic acids is 1. The third-order valence-corrected chi connectivity index (χ3v) is 5.18. The van der Waals surface area contributed by atoms with Crippen molar-refractivity contribution in [3.8, 4) is 5.75 Å². The molecule has 1 aromatic rings. The summed E-state index contributed by atoms with van der Waals surface area (Å²) in [5.74, 6) is -1.66. The molecular formula is C25H39NO4. The number of carboxylic acids is 1. The van der Waals surface area contributed by atoms with Crippen LogP contribution >= 0.6 is 0 Å². The van der Waals surface area contributed by atoms with E-state index in [1.807, 2.05) is 0 Å². The number of allylic oxidation sites excluding steroid dienone is 2. The number of nitrogens with one attached hydrogen (secondary N) is 1. The zero-order chi connectivity index (χ0) is 22.0. The number of carbonyl (C=O) groups is 2. The molecule has 1 amide bonds. The van der Waals surface area contributed by atoms with E-state index in [0.29, 0.717) is 12.1 Å². The number of unbranched alkanes of at least 4 members (excludes halogenated alkanes) is 11. The molecule has 0 fully saturated rings. The first-order valence-electron chi connectivity index (χ1n) is 11.6. The Balaban J connectivity index is 1.99. The Morgan fingerprint density at radius 3 is 2.00 bits per heavy atom. The van der Waals surface area contributed by atoms with Gasteiger partial charge < -0.3 is 15.5 Å². The minimum Gasteiger partial charge on any atom is -0.507 e. The molecule has 0 aliphatic rings. The lowest BCUT2D eigenvalue weighted by atomic mass is 10.1. The average Bonchev–Trinajstić information content (AvgIpc) is 2.70. The van der Waals surface area contributed by atoms with E-state index in [1.54, 1.807) is 0 Å². The fourth-order valence-corrected chi connectivity index (χ4v) is 3.37. The number of carboxylic acid groups (broad SMARTS) is 1. The average molecular weight is 418 g/mol. The Morgan fingerprint density at radius 1 is 0.867 bits per heavy atom. The van der Waals surface area contributed by atoms with Crippen LogP contribution in [0.2, 0.25) is 0 Å². The van der Waals surface area contributed by atoms with Gasteiger partial charge in [0, 0.05) is 18.2 Å². The summed E-state index contributed by atoms with van der Waals surface area (Å²) in [6.07, 6.45) is 20.9. The summed E-state index contributed by atoms with van der Waals surface area (Å²) in [5, 5.41) is 21.2. The van der Waals surface area contributed by atoms with Crippen LogP contribution in [0.25, 0.3) is 0 Å². The zero-order valence-corrected chi connectivity index (χ0v) is 18.5. The lowest BCUT2D eigenvalue weighted by molar-refractivity contribution is -0.116. The van der Waals surface area contributed by atoms with Gasteiger partial charge in [0.05, 0.1) is 0 Å². The largest absolute Gasteiger partial charge is 0.507 e. The predicted molar refractivity (Wildman–Crippen MR) is 123 cm³/mol. The molecule has 0 radical (unpaired) electrons. The quantitative estimate of drug-likeness (QED) is 0.187. The second-order valence-corrected chi connectivity index (χ2v) is 7.92. The Hall–Kier alpha value is -2.30. The summed E-state index contributed by atoms with van der Waals surface area (Å²) in [7, 11) is 0. The monoisotopic (exact) mass is 417 g/mol. The van der Waals surface area contributed by atoms with Crippen molar-refractivity contribution in [2.24, 2.45) is 0 Å². The first-order chi connectivity index (χ1) is 14.5. The van der Waals surface area contributed by atoms with Crippen LogP contribution in [0, 0.1) is 0 Å². The van der Waals surface area contributed by atoms with Crippen LogP contribution in [0.15, 0.2) is 30.4 Å². The minimum atomic E-state index is -1.20.